The summed E-state index contributed by atoms with van der Waals surface area (Å²) in [6.45, 7) is 0.973. The maximum atomic E-state index is 11.3. The molecule has 0 saturated carbocycles. The molecule has 0 amide bonds. The Morgan fingerprint density at radius 2 is 1.12 bits per heavy atom. The first-order valence-electron chi connectivity index (χ1n) is 10.9. The average Bonchev–Trinajstić information content (AvgIpc) is 3.36. The topological polar surface area (TPSA) is 43.0 Å². The van der Waals surface area contributed by atoms with E-state index in [0.29, 0.717) is 13.1 Å². The van der Waals surface area contributed by atoms with Gasteiger partial charge in [0, 0.05) is 27.4 Å². The minimum atomic E-state index is -0.575. The molecule has 0 aliphatic carbocycles. The highest BCUT2D eigenvalue weighted by molar-refractivity contribution is 6.07. The van der Waals surface area contributed by atoms with Crippen LogP contribution in [0.25, 0.3) is 44.2 Å². The molecule has 0 radical (unpaired) electrons. The number of hydrogen-bond donors (Lipinski definition) is 1. The second kappa shape index (κ2) is 7.66. The number of nitrogens with zero attached hydrogens (tertiary/aromatic N) is 3. The van der Waals surface area contributed by atoms with Crippen molar-refractivity contribution >= 4 is 32.8 Å². The van der Waals surface area contributed by atoms with Crippen LogP contribution in [0.1, 0.15) is 0 Å². The number of aliphatic hydroxyl groups excluding tert-OH is 1. The Hall–Kier alpha value is -3.89. The van der Waals surface area contributed by atoms with Crippen molar-refractivity contribution in [2.45, 2.75) is 19.2 Å². The largest absolute Gasteiger partial charge is 0.389 e. The minimum Gasteiger partial charge on any atom is -0.389 e. The smallest absolute Gasteiger partial charge is 0.141 e. The lowest BCUT2D eigenvalue weighted by Crippen LogP contribution is -2.22. The summed E-state index contributed by atoms with van der Waals surface area (Å²) in [4.78, 5) is 4.88. The Morgan fingerprint density at radius 1 is 0.594 bits per heavy atom. The van der Waals surface area contributed by atoms with Gasteiger partial charge in [-0.25, -0.2) is 4.98 Å². The number of rotatable bonds is 5. The summed E-state index contributed by atoms with van der Waals surface area (Å²) < 4.78 is 4.37. The molecule has 2 aromatic heterocycles. The number of para-hydroxylation sites is 4. The molecule has 32 heavy (non-hydrogen) atoms. The number of imidazole rings is 1. The van der Waals surface area contributed by atoms with Crippen LogP contribution in [0.5, 0.6) is 0 Å². The fourth-order valence-electron chi connectivity index (χ4n) is 4.75. The summed E-state index contributed by atoms with van der Waals surface area (Å²) in [7, 11) is 0. The van der Waals surface area contributed by atoms with E-state index in [1.54, 1.807) is 0 Å². The van der Waals surface area contributed by atoms with Gasteiger partial charge in [-0.1, -0.05) is 78.9 Å². The second-order valence-electron chi connectivity index (χ2n) is 8.20. The zero-order chi connectivity index (χ0) is 21.5. The first kappa shape index (κ1) is 18.8. The van der Waals surface area contributed by atoms with Gasteiger partial charge in [-0.15, -0.1) is 0 Å². The van der Waals surface area contributed by atoms with Crippen LogP contribution in [-0.4, -0.2) is 25.3 Å². The second-order valence-corrected chi connectivity index (χ2v) is 8.20. The molecule has 6 aromatic rings. The van der Waals surface area contributed by atoms with Gasteiger partial charge in [-0.3, -0.25) is 0 Å². The van der Waals surface area contributed by atoms with Crippen molar-refractivity contribution in [1.82, 2.24) is 14.1 Å². The lowest BCUT2D eigenvalue weighted by Gasteiger charge is -2.17. The molecule has 4 heteroatoms. The number of benzene rings is 4. The molecule has 0 spiro atoms. The molecular weight excluding hydrogens is 394 g/mol. The van der Waals surface area contributed by atoms with E-state index in [9.17, 15) is 5.11 Å². The summed E-state index contributed by atoms with van der Waals surface area (Å²) in [5.74, 6) is 0.882. The zero-order valence-electron chi connectivity index (χ0n) is 17.6. The van der Waals surface area contributed by atoms with Gasteiger partial charge in [-0.2, -0.15) is 0 Å². The van der Waals surface area contributed by atoms with Crippen LogP contribution in [-0.2, 0) is 13.1 Å². The first-order valence-corrected chi connectivity index (χ1v) is 10.9. The van der Waals surface area contributed by atoms with E-state index in [0.717, 1.165) is 33.5 Å². The van der Waals surface area contributed by atoms with Crippen LogP contribution >= 0.6 is 0 Å². The molecule has 0 aliphatic heterocycles. The molecule has 0 aliphatic rings. The number of aromatic nitrogens is 3. The van der Waals surface area contributed by atoms with Gasteiger partial charge in [0.15, 0.2) is 0 Å². The molecule has 0 fully saturated rings. The predicted octanol–water partition coefficient (Wildman–Crippen LogP) is 5.87. The summed E-state index contributed by atoms with van der Waals surface area (Å²) in [6, 6.07) is 35.1. The van der Waals surface area contributed by atoms with Crippen molar-refractivity contribution in [3.8, 4) is 11.4 Å². The van der Waals surface area contributed by atoms with Crippen molar-refractivity contribution in [1.29, 1.82) is 0 Å². The minimum absolute atomic E-state index is 0.464. The quantitative estimate of drug-likeness (QED) is 0.381. The molecule has 0 unspecified atom stereocenters. The lowest BCUT2D eigenvalue weighted by atomic mass is 10.2. The lowest BCUT2D eigenvalue weighted by molar-refractivity contribution is 0.139. The fourth-order valence-corrected chi connectivity index (χ4v) is 4.75. The van der Waals surface area contributed by atoms with E-state index in [1.807, 2.05) is 36.4 Å². The Balaban J connectivity index is 1.42. The van der Waals surface area contributed by atoms with Crippen LogP contribution < -0.4 is 0 Å². The molecule has 156 valence electrons. The molecule has 1 atom stereocenters. The Morgan fingerprint density at radius 3 is 1.81 bits per heavy atom. The highest BCUT2D eigenvalue weighted by atomic mass is 16.3. The average molecular weight is 418 g/mol. The SMILES string of the molecule is O[C@@H](Cn1c(-c2ccccc2)nc2ccccc21)Cn1c2ccccc2c2ccccc21. The zero-order valence-corrected chi connectivity index (χ0v) is 17.6. The molecule has 0 bridgehead atoms. The van der Waals surface area contributed by atoms with Gasteiger partial charge in [0.25, 0.3) is 0 Å². The molecule has 4 nitrogen and oxygen atoms in total. The van der Waals surface area contributed by atoms with Crippen molar-refractivity contribution in [2.75, 3.05) is 0 Å². The van der Waals surface area contributed by atoms with Crippen LogP contribution in [0.3, 0.4) is 0 Å². The van der Waals surface area contributed by atoms with E-state index in [4.69, 9.17) is 4.98 Å². The van der Waals surface area contributed by atoms with Crippen LogP contribution in [0, 0.1) is 0 Å². The summed E-state index contributed by atoms with van der Waals surface area (Å²) in [6.07, 6.45) is -0.575. The van der Waals surface area contributed by atoms with Crippen molar-refractivity contribution < 1.29 is 5.11 Å². The van der Waals surface area contributed by atoms with E-state index in [-0.39, 0.29) is 0 Å². The number of fused-ring (bicyclic) bond motifs is 4. The van der Waals surface area contributed by atoms with Gasteiger partial charge in [-0.05, 0) is 24.3 Å². The Kier molecular flexibility index (Phi) is 4.51. The third-order valence-electron chi connectivity index (χ3n) is 6.15. The van der Waals surface area contributed by atoms with Crippen molar-refractivity contribution in [3.05, 3.63) is 103 Å². The van der Waals surface area contributed by atoms with Crippen LogP contribution in [0.4, 0.5) is 0 Å². The van der Waals surface area contributed by atoms with Gasteiger partial charge in [0.2, 0.25) is 0 Å². The van der Waals surface area contributed by atoms with Gasteiger partial charge < -0.3 is 14.2 Å². The number of aliphatic hydroxyl groups is 1. The molecule has 1 N–H and O–H groups in total. The van der Waals surface area contributed by atoms with E-state index >= 15 is 0 Å². The van der Waals surface area contributed by atoms with E-state index < -0.39 is 6.10 Å². The van der Waals surface area contributed by atoms with Gasteiger partial charge in [0.05, 0.1) is 30.2 Å². The maximum Gasteiger partial charge on any atom is 0.141 e. The van der Waals surface area contributed by atoms with Crippen molar-refractivity contribution in [3.63, 3.8) is 0 Å². The monoisotopic (exact) mass is 417 g/mol. The Labute approximate surface area is 186 Å². The molecule has 4 aromatic carbocycles. The van der Waals surface area contributed by atoms with E-state index in [2.05, 4.69) is 75.9 Å². The highest BCUT2D eigenvalue weighted by Gasteiger charge is 2.18. The third kappa shape index (κ3) is 3.08. The number of hydrogen-bond acceptors (Lipinski definition) is 2. The molecular formula is C28H23N3O. The van der Waals surface area contributed by atoms with E-state index in [1.165, 1.54) is 10.8 Å². The fraction of sp³-hybridized carbons (Fsp3) is 0.107. The van der Waals surface area contributed by atoms with Crippen molar-refractivity contribution in [2.24, 2.45) is 0 Å². The molecule has 0 saturated heterocycles. The van der Waals surface area contributed by atoms with Gasteiger partial charge >= 0.3 is 0 Å². The predicted molar refractivity (Wildman–Crippen MR) is 131 cm³/mol. The summed E-state index contributed by atoms with van der Waals surface area (Å²) >= 11 is 0. The maximum absolute atomic E-state index is 11.3. The standard InChI is InChI=1S/C28H23N3O/c32-21(18-30-25-15-7-4-12-22(25)23-13-5-8-16-26(23)30)19-31-27-17-9-6-14-24(27)29-28(31)20-10-2-1-3-11-20/h1-17,21,32H,18-19H2/t21-/m1/s1. The summed E-state index contributed by atoms with van der Waals surface area (Å²) in [5, 5.41) is 13.7. The van der Waals surface area contributed by atoms with Crippen LogP contribution in [0.2, 0.25) is 0 Å². The molecule has 2 heterocycles. The van der Waals surface area contributed by atoms with Gasteiger partial charge in [0.1, 0.15) is 5.82 Å². The first-order chi connectivity index (χ1) is 15.8. The van der Waals surface area contributed by atoms with Crippen LogP contribution in [0.15, 0.2) is 103 Å². The normalized spacial score (nSPS) is 12.7. The summed E-state index contributed by atoms with van der Waals surface area (Å²) in [5.41, 5.74) is 5.31. The Bertz CT molecular complexity index is 1490. The highest BCUT2D eigenvalue weighted by Crippen LogP contribution is 2.30. The molecule has 6 rings (SSSR count). The third-order valence-corrected chi connectivity index (χ3v) is 6.15.